The van der Waals surface area contributed by atoms with Crippen LogP contribution in [0.2, 0.25) is 0 Å². The lowest BCUT2D eigenvalue weighted by Crippen LogP contribution is -2.40. The van der Waals surface area contributed by atoms with E-state index in [1.807, 2.05) is 0 Å². The summed E-state index contributed by atoms with van der Waals surface area (Å²) >= 11 is 0. The summed E-state index contributed by atoms with van der Waals surface area (Å²) in [4.78, 5) is 26.1. The lowest BCUT2D eigenvalue weighted by molar-refractivity contribution is -0.120. The summed E-state index contributed by atoms with van der Waals surface area (Å²) in [6.45, 7) is 2.92. The van der Waals surface area contributed by atoms with Gasteiger partial charge in [-0.05, 0) is 44.5 Å². The number of hydrogen-bond acceptors (Lipinski definition) is 4. The molecule has 0 spiro atoms. The van der Waals surface area contributed by atoms with Crippen LogP contribution in [0.1, 0.15) is 30.1 Å². The van der Waals surface area contributed by atoms with Crippen LogP contribution in [0.5, 0.6) is 5.75 Å². The molecule has 1 aliphatic rings. The molecule has 0 bridgehead atoms. The van der Waals surface area contributed by atoms with Gasteiger partial charge in [-0.1, -0.05) is 0 Å². The third-order valence-corrected chi connectivity index (χ3v) is 4.10. The molecule has 0 saturated carbocycles. The lowest BCUT2D eigenvalue weighted by Gasteiger charge is -2.27. The summed E-state index contributed by atoms with van der Waals surface area (Å²) in [7, 11) is 4.94. The molecule has 1 aliphatic heterocycles. The van der Waals surface area contributed by atoms with Crippen molar-refractivity contribution in [1.29, 1.82) is 0 Å². The molecule has 2 N–H and O–H groups in total. The number of amides is 2. The van der Waals surface area contributed by atoms with E-state index in [0.717, 1.165) is 19.4 Å². The van der Waals surface area contributed by atoms with Gasteiger partial charge in [-0.3, -0.25) is 9.59 Å². The topological polar surface area (TPSA) is 70.7 Å². The summed E-state index contributed by atoms with van der Waals surface area (Å²) < 4.78 is 5.30. The smallest absolute Gasteiger partial charge is 0.253 e. The van der Waals surface area contributed by atoms with Gasteiger partial charge in [-0.15, -0.1) is 12.4 Å². The van der Waals surface area contributed by atoms with Gasteiger partial charge in [0.25, 0.3) is 5.91 Å². The van der Waals surface area contributed by atoms with Crippen molar-refractivity contribution in [2.75, 3.05) is 33.1 Å². The monoisotopic (exact) mass is 355 g/mol. The zero-order valence-corrected chi connectivity index (χ0v) is 15.4. The van der Waals surface area contributed by atoms with Crippen LogP contribution < -0.4 is 15.4 Å². The number of halogens is 1. The zero-order valence-electron chi connectivity index (χ0n) is 14.6. The Morgan fingerprint density at radius 1 is 1.33 bits per heavy atom. The summed E-state index contributed by atoms with van der Waals surface area (Å²) in [5, 5.41) is 6.26. The molecular formula is C17H26ClN3O3. The minimum Gasteiger partial charge on any atom is -0.495 e. The molecule has 0 unspecified atom stereocenters. The zero-order chi connectivity index (χ0) is 17.0. The Kier molecular flexibility index (Phi) is 7.51. The van der Waals surface area contributed by atoms with Crippen LogP contribution in [-0.2, 0) is 4.79 Å². The Hall–Kier alpha value is -1.79. The van der Waals surface area contributed by atoms with Gasteiger partial charge in [0, 0.05) is 31.6 Å². The normalized spacial score (nSPS) is 19.8. The second-order valence-corrected chi connectivity index (χ2v) is 6.18. The number of hydrogen-bond donors (Lipinski definition) is 2. The molecule has 1 heterocycles. The maximum atomic E-state index is 12.5. The molecule has 7 heteroatoms. The van der Waals surface area contributed by atoms with E-state index in [1.165, 1.54) is 4.90 Å². The molecule has 134 valence electrons. The highest BCUT2D eigenvalue weighted by atomic mass is 35.5. The van der Waals surface area contributed by atoms with Crippen molar-refractivity contribution >= 4 is 29.9 Å². The van der Waals surface area contributed by atoms with Crippen LogP contribution in [0.25, 0.3) is 0 Å². The molecule has 2 atom stereocenters. The van der Waals surface area contributed by atoms with Crippen LogP contribution >= 0.6 is 12.4 Å². The molecule has 24 heavy (non-hydrogen) atoms. The largest absolute Gasteiger partial charge is 0.495 e. The van der Waals surface area contributed by atoms with E-state index in [2.05, 4.69) is 17.6 Å². The van der Waals surface area contributed by atoms with Crippen molar-refractivity contribution in [1.82, 2.24) is 10.2 Å². The number of carbonyl (C=O) groups excluding carboxylic acids is 2. The summed E-state index contributed by atoms with van der Waals surface area (Å²) in [5.41, 5.74) is 1.06. The number of rotatable bonds is 4. The summed E-state index contributed by atoms with van der Waals surface area (Å²) in [5.74, 6) is 0.393. The van der Waals surface area contributed by atoms with Crippen LogP contribution in [0, 0.1) is 5.92 Å². The van der Waals surface area contributed by atoms with E-state index in [1.54, 1.807) is 39.4 Å². The van der Waals surface area contributed by atoms with Gasteiger partial charge in [0.2, 0.25) is 5.91 Å². The minimum atomic E-state index is -0.112. The molecule has 0 aliphatic carbocycles. The number of methoxy groups -OCH3 is 1. The van der Waals surface area contributed by atoms with Gasteiger partial charge in [-0.25, -0.2) is 0 Å². The molecule has 2 rings (SSSR count). The Morgan fingerprint density at radius 3 is 2.62 bits per heavy atom. The van der Waals surface area contributed by atoms with Crippen molar-refractivity contribution in [3.63, 3.8) is 0 Å². The number of carbonyl (C=O) groups is 2. The molecule has 0 aromatic heterocycles. The molecule has 1 saturated heterocycles. The van der Waals surface area contributed by atoms with Gasteiger partial charge >= 0.3 is 0 Å². The maximum absolute atomic E-state index is 12.5. The van der Waals surface area contributed by atoms with Crippen LogP contribution in [-0.4, -0.2) is 50.5 Å². The fraction of sp³-hybridized carbons (Fsp3) is 0.529. The van der Waals surface area contributed by atoms with Crippen molar-refractivity contribution in [3.05, 3.63) is 23.8 Å². The highest BCUT2D eigenvalue weighted by Gasteiger charge is 2.25. The number of anilines is 1. The van der Waals surface area contributed by atoms with E-state index < -0.39 is 0 Å². The predicted octanol–water partition coefficient (Wildman–Crippen LogP) is 2.15. The molecule has 6 nitrogen and oxygen atoms in total. The Labute approximate surface area is 149 Å². The average Bonchev–Trinajstić information content (AvgIpc) is 2.53. The second-order valence-electron chi connectivity index (χ2n) is 6.18. The standard InChI is InChI=1S/C17H25N3O3.ClH/c1-11-9-12(7-8-18-11)16(21)19-14-10-13(17(22)20(2)3)5-6-15(14)23-4;/h5-6,10-12,18H,7-9H2,1-4H3,(H,19,21);1H/t11-,12-;/m0./s1. The van der Waals surface area contributed by atoms with E-state index in [4.69, 9.17) is 4.74 Å². The first kappa shape index (κ1) is 20.3. The highest BCUT2D eigenvalue weighted by Crippen LogP contribution is 2.27. The van der Waals surface area contributed by atoms with E-state index in [0.29, 0.717) is 23.0 Å². The minimum absolute atomic E-state index is 0. The first-order chi connectivity index (χ1) is 10.9. The Morgan fingerprint density at radius 2 is 2.04 bits per heavy atom. The van der Waals surface area contributed by atoms with Crippen molar-refractivity contribution in [2.24, 2.45) is 5.92 Å². The van der Waals surface area contributed by atoms with Gasteiger partial charge in [0.15, 0.2) is 0 Å². The van der Waals surface area contributed by atoms with Gasteiger partial charge in [-0.2, -0.15) is 0 Å². The lowest BCUT2D eigenvalue weighted by atomic mass is 9.92. The van der Waals surface area contributed by atoms with Crippen molar-refractivity contribution < 1.29 is 14.3 Å². The van der Waals surface area contributed by atoms with E-state index in [-0.39, 0.29) is 30.1 Å². The Bertz CT molecular complexity index is 592. The molecular weight excluding hydrogens is 330 g/mol. The van der Waals surface area contributed by atoms with Crippen LogP contribution in [0.4, 0.5) is 5.69 Å². The van der Waals surface area contributed by atoms with Gasteiger partial charge in [0.1, 0.15) is 5.75 Å². The van der Waals surface area contributed by atoms with Crippen molar-refractivity contribution in [3.8, 4) is 5.75 Å². The first-order valence-corrected chi connectivity index (χ1v) is 7.86. The maximum Gasteiger partial charge on any atom is 0.253 e. The van der Waals surface area contributed by atoms with E-state index >= 15 is 0 Å². The first-order valence-electron chi connectivity index (χ1n) is 7.86. The SMILES string of the molecule is COc1ccc(C(=O)N(C)C)cc1NC(=O)[C@H]1CCN[C@@H](C)C1.Cl. The third kappa shape index (κ3) is 4.85. The van der Waals surface area contributed by atoms with Crippen molar-refractivity contribution in [2.45, 2.75) is 25.8 Å². The van der Waals surface area contributed by atoms with Gasteiger partial charge < -0.3 is 20.3 Å². The van der Waals surface area contributed by atoms with E-state index in [9.17, 15) is 9.59 Å². The average molecular weight is 356 g/mol. The Balaban J connectivity index is 0.00000288. The molecule has 1 aromatic rings. The predicted molar refractivity (Wildman–Crippen MR) is 97.1 cm³/mol. The molecule has 2 amide bonds. The number of ether oxygens (including phenoxy) is 1. The number of piperidine rings is 1. The molecule has 0 radical (unpaired) electrons. The molecule has 1 aromatic carbocycles. The van der Waals surface area contributed by atoms with Crippen LogP contribution in [0.15, 0.2) is 18.2 Å². The quantitative estimate of drug-likeness (QED) is 0.868. The summed E-state index contributed by atoms with van der Waals surface area (Å²) in [6, 6.07) is 5.41. The highest BCUT2D eigenvalue weighted by molar-refractivity contribution is 5.98. The third-order valence-electron chi connectivity index (χ3n) is 4.10. The number of nitrogens with zero attached hydrogens (tertiary/aromatic N) is 1. The second kappa shape index (κ2) is 8.89. The summed E-state index contributed by atoms with van der Waals surface area (Å²) in [6.07, 6.45) is 1.62. The fourth-order valence-corrected chi connectivity index (χ4v) is 2.80. The number of nitrogens with one attached hydrogen (secondary N) is 2. The molecule has 1 fully saturated rings. The fourth-order valence-electron chi connectivity index (χ4n) is 2.80. The number of benzene rings is 1. The van der Waals surface area contributed by atoms with Gasteiger partial charge in [0.05, 0.1) is 12.8 Å². The van der Waals surface area contributed by atoms with Crippen LogP contribution in [0.3, 0.4) is 0 Å².